The normalized spacial score (nSPS) is 20.3. The van der Waals surface area contributed by atoms with Crippen molar-refractivity contribution < 1.29 is 14.3 Å². The second-order valence-corrected chi connectivity index (χ2v) is 8.63. The molecule has 2 aliphatic rings. The highest BCUT2D eigenvalue weighted by Crippen LogP contribution is 2.47. The van der Waals surface area contributed by atoms with Crippen LogP contribution in [0, 0.1) is 5.41 Å². The minimum absolute atomic E-state index is 0.106. The average molecular weight is 448 g/mol. The van der Waals surface area contributed by atoms with Crippen molar-refractivity contribution in [3.63, 3.8) is 0 Å². The summed E-state index contributed by atoms with van der Waals surface area (Å²) in [5.74, 6) is 1.85. The van der Waals surface area contributed by atoms with Gasteiger partial charge in [0.2, 0.25) is 5.95 Å². The first-order valence-corrected chi connectivity index (χ1v) is 9.95. The number of tetrazole rings is 1. The summed E-state index contributed by atoms with van der Waals surface area (Å²) in [6, 6.07) is 3.40. The molecule has 0 saturated heterocycles. The van der Waals surface area contributed by atoms with Crippen molar-refractivity contribution in [2.45, 2.75) is 39.7 Å². The molecule has 0 amide bonds. The molecule has 1 N–H and O–H groups in total. The fourth-order valence-corrected chi connectivity index (χ4v) is 4.61. The van der Waals surface area contributed by atoms with E-state index in [0.29, 0.717) is 36.0 Å². The summed E-state index contributed by atoms with van der Waals surface area (Å²) in [5, 5.41) is 15.3. The minimum Gasteiger partial charge on any atom is -0.492 e. The number of hydrogen-bond acceptors (Lipinski definition) is 7. The predicted molar refractivity (Wildman–Crippen MR) is 106 cm³/mol. The number of fused-ring (bicyclic) bond motifs is 1. The van der Waals surface area contributed by atoms with Gasteiger partial charge < -0.3 is 14.8 Å². The van der Waals surface area contributed by atoms with Crippen molar-refractivity contribution in [1.29, 1.82) is 0 Å². The van der Waals surface area contributed by atoms with Gasteiger partial charge in [0, 0.05) is 17.7 Å². The van der Waals surface area contributed by atoms with Gasteiger partial charge in [-0.1, -0.05) is 18.9 Å². The Morgan fingerprint density at radius 3 is 2.86 bits per heavy atom. The van der Waals surface area contributed by atoms with Gasteiger partial charge >= 0.3 is 0 Å². The van der Waals surface area contributed by atoms with Crippen LogP contribution in [0.15, 0.2) is 27.9 Å². The largest absolute Gasteiger partial charge is 0.492 e. The average Bonchev–Trinajstić information content (AvgIpc) is 3.07. The third-order valence-electron chi connectivity index (χ3n) is 5.05. The van der Waals surface area contributed by atoms with Gasteiger partial charge in [0.1, 0.15) is 6.04 Å². The number of nitrogens with one attached hydrogen (secondary N) is 1. The number of ketones is 1. The Hall–Kier alpha value is -2.42. The number of anilines is 1. The lowest BCUT2D eigenvalue weighted by Gasteiger charge is -2.38. The molecule has 0 fully saturated rings. The molecule has 0 spiro atoms. The molecule has 1 aromatic heterocycles. The molecule has 1 atom stereocenters. The van der Waals surface area contributed by atoms with Crippen LogP contribution in [-0.2, 0) is 4.79 Å². The van der Waals surface area contributed by atoms with E-state index in [1.54, 1.807) is 11.8 Å². The third-order valence-corrected chi connectivity index (χ3v) is 5.63. The number of halogens is 1. The number of methoxy groups -OCH3 is 1. The first-order chi connectivity index (χ1) is 13.3. The van der Waals surface area contributed by atoms with Crippen LogP contribution < -0.4 is 14.8 Å². The van der Waals surface area contributed by atoms with Crippen LogP contribution in [0.4, 0.5) is 5.95 Å². The third kappa shape index (κ3) is 3.07. The van der Waals surface area contributed by atoms with Crippen LogP contribution in [0.2, 0.25) is 0 Å². The summed E-state index contributed by atoms with van der Waals surface area (Å²) in [5.41, 5.74) is 2.34. The van der Waals surface area contributed by atoms with E-state index in [1.165, 1.54) is 0 Å². The highest BCUT2D eigenvalue weighted by molar-refractivity contribution is 9.10. The van der Waals surface area contributed by atoms with Crippen LogP contribution in [0.25, 0.3) is 0 Å². The number of Topliss-reactive ketones (excluding diaryl/α,β-unsaturated/α-hetero) is 1. The van der Waals surface area contributed by atoms with Crippen LogP contribution in [0.3, 0.4) is 0 Å². The lowest BCUT2D eigenvalue weighted by atomic mass is 9.73. The summed E-state index contributed by atoms with van der Waals surface area (Å²) >= 11 is 3.56. The van der Waals surface area contributed by atoms with Crippen molar-refractivity contribution in [1.82, 2.24) is 20.2 Å². The zero-order valence-corrected chi connectivity index (χ0v) is 17.8. The molecule has 0 saturated carbocycles. The number of ether oxygens (including phenoxy) is 2. The zero-order valence-electron chi connectivity index (χ0n) is 16.2. The zero-order chi connectivity index (χ0) is 20.1. The van der Waals surface area contributed by atoms with Crippen molar-refractivity contribution in [2.75, 3.05) is 19.0 Å². The molecule has 1 aliphatic carbocycles. The number of allylic oxidation sites excluding steroid dienone is 2. The summed E-state index contributed by atoms with van der Waals surface area (Å²) in [6.45, 7) is 6.60. The molecule has 1 unspecified atom stereocenters. The van der Waals surface area contributed by atoms with Gasteiger partial charge in [-0.3, -0.25) is 4.79 Å². The lowest BCUT2D eigenvalue weighted by molar-refractivity contribution is -0.118. The summed E-state index contributed by atoms with van der Waals surface area (Å²) in [7, 11) is 1.60. The van der Waals surface area contributed by atoms with Gasteiger partial charge in [0.05, 0.1) is 18.2 Å². The molecule has 0 bridgehead atoms. The molecular weight excluding hydrogens is 426 g/mol. The Kier molecular flexibility index (Phi) is 4.65. The van der Waals surface area contributed by atoms with E-state index in [-0.39, 0.29) is 11.2 Å². The van der Waals surface area contributed by atoms with Crippen LogP contribution in [0.1, 0.15) is 45.2 Å². The summed E-state index contributed by atoms with van der Waals surface area (Å²) in [6.07, 6.45) is 1.24. The molecule has 2 aromatic rings. The quantitative estimate of drug-likeness (QED) is 0.766. The van der Waals surface area contributed by atoms with Crippen LogP contribution in [-0.4, -0.2) is 39.7 Å². The van der Waals surface area contributed by atoms with Crippen LogP contribution >= 0.6 is 15.9 Å². The second-order valence-electron chi connectivity index (χ2n) is 7.77. The van der Waals surface area contributed by atoms with Crippen molar-refractivity contribution in [3.8, 4) is 11.5 Å². The summed E-state index contributed by atoms with van der Waals surface area (Å²) < 4.78 is 13.6. The molecule has 1 aliphatic heterocycles. The Morgan fingerprint density at radius 1 is 1.36 bits per heavy atom. The number of rotatable bonds is 4. The fraction of sp³-hybridized carbons (Fsp3) is 0.474. The van der Waals surface area contributed by atoms with E-state index in [1.807, 2.05) is 19.1 Å². The molecule has 1 aromatic carbocycles. The molecule has 148 valence electrons. The smallest absolute Gasteiger partial charge is 0.248 e. The molecular formula is C19H22BrN5O3. The highest BCUT2D eigenvalue weighted by Gasteiger charge is 2.42. The Balaban J connectivity index is 1.91. The molecule has 9 heteroatoms. The predicted octanol–water partition coefficient (Wildman–Crippen LogP) is 3.50. The van der Waals surface area contributed by atoms with E-state index in [2.05, 4.69) is 50.6 Å². The van der Waals surface area contributed by atoms with Gasteiger partial charge in [-0.25, -0.2) is 0 Å². The van der Waals surface area contributed by atoms with E-state index >= 15 is 0 Å². The fourth-order valence-electron chi connectivity index (χ4n) is 3.99. The standard InChI is InChI=1S/C19H22BrN5O3/c1-5-28-14-7-10(6-11(20)17(14)27-4)16-15-12(8-19(2,3)9-13(15)26)21-18-22-23-24-25(16)18/h6-7,16H,5,8-9H2,1-4H3,(H,21,22,24). The number of benzene rings is 1. The molecule has 2 heterocycles. The highest BCUT2D eigenvalue weighted by atomic mass is 79.9. The van der Waals surface area contributed by atoms with E-state index in [0.717, 1.165) is 22.2 Å². The first kappa shape index (κ1) is 18.9. The summed E-state index contributed by atoms with van der Waals surface area (Å²) in [4.78, 5) is 13.1. The Labute approximate surface area is 171 Å². The molecule has 0 radical (unpaired) electrons. The van der Waals surface area contributed by atoms with E-state index < -0.39 is 6.04 Å². The van der Waals surface area contributed by atoms with Crippen molar-refractivity contribution >= 4 is 27.7 Å². The Bertz CT molecular complexity index is 982. The SMILES string of the molecule is CCOc1cc(C2C3=C(CC(C)(C)CC3=O)Nc3nnnn32)cc(Br)c1OC. The van der Waals surface area contributed by atoms with E-state index in [4.69, 9.17) is 9.47 Å². The van der Waals surface area contributed by atoms with Gasteiger partial charge in [0.15, 0.2) is 17.3 Å². The van der Waals surface area contributed by atoms with Crippen molar-refractivity contribution in [3.05, 3.63) is 33.4 Å². The second kappa shape index (κ2) is 6.88. The Morgan fingerprint density at radius 2 is 2.14 bits per heavy atom. The number of carbonyl (C=O) groups is 1. The molecule has 8 nitrogen and oxygen atoms in total. The lowest BCUT2D eigenvalue weighted by Crippen LogP contribution is -2.36. The topological polar surface area (TPSA) is 91.2 Å². The molecule has 4 rings (SSSR count). The van der Waals surface area contributed by atoms with Gasteiger partial charge in [-0.05, 0) is 62.8 Å². The van der Waals surface area contributed by atoms with Crippen molar-refractivity contribution in [2.24, 2.45) is 5.41 Å². The number of hydrogen-bond donors (Lipinski definition) is 1. The monoisotopic (exact) mass is 447 g/mol. The number of nitrogens with zero attached hydrogens (tertiary/aromatic N) is 4. The molecule has 28 heavy (non-hydrogen) atoms. The van der Waals surface area contributed by atoms with E-state index in [9.17, 15) is 4.79 Å². The van der Waals surface area contributed by atoms with Crippen LogP contribution in [0.5, 0.6) is 11.5 Å². The van der Waals surface area contributed by atoms with Gasteiger partial charge in [-0.2, -0.15) is 4.68 Å². The number of aromatic nitrogens is 4. The van der Waals surface area contributed by atoms with Gasteiger partial charge in [-0.15, -0.1) is 0 Å². The van der Waals surface area contributed by atoms with Gasteiger partial charge in [0.25, 0.3) is 0 Å². The maximum absolute atomic E-state index is 13.1. The maximum Gasteiger partial charge on any atom is 0.248 e. The maximum atomic E-state index is 13.1. The first-order valence-electron chi connectivity index (χ1n) is 9.16. The minimum atomic E-state index is -0.425. The number of carbonyl (C=O) groups excluding carboxylic acids is 1.